The molecular weight excluding hydrogens is 533 g/mol. The van der Waals surface area contributed by atoms with Gasteiger partial charge in [0, 0.05) is 13.1 Å². The molecule has 0 saturated heterocycles. The molecule has 0 spiro atoms. The molecule has 0 bridgehead atoms. The summed E-state index contributed by atoms with van der Waals surface area (Å²) in [4.78, 5) is 28.4. The second-order valence-electron chi connectivity index (χ2n) is 9.24. The molecule has 214 valence electrons. The van der Waals surface area contributed by atoms with Crippen LogP contribution in [-0.4, -0.2) is 51.4 Å². The molecule has 8 nitrogen and oxygen atoms in total. The zero-order chi connectivity index (χ0) is 29.1. The molecule has 3 aromatic rings. The van der Waals surface area contributed by atoms with Crippen LogP contribution >= 0.6 is 0 Å². The smallest absolute Gasteiger partial charge is 0.264 e. The number of hydrogen-bond acceptors (Lipinski definition) is 5. The summed E-state index contributed by atoms with van der Waals surface area (Å²) in [5.74, 6) is -0.785. The van der Waals surface area contributed by atoms with Crippen molar-refractivity contribution in [2.75, 3.05) is 24.5 Å². The Morgan fingerprint density at radius 1 is 0.950 bits per heavy atom. The van der Waals surface area contributed by atoms with Gasteiger partial charge in [0.2, 0.25) is 11.8 Å². The van der Waals surface area contributed by atoms with Crippen LogP contribution in [-0.2, 0) is 26.2 Å². The van der Waals surface area contributed by atoms with E-state index in [1.807, 2.05) is 13.8 Å². The van der Waals surface area contributed by atoms with Gasteiger partial charge in [-0.3, -0.25) is 13.9 Å². The minimum absolute atomic E-state index is 0.0851. The maximum atomic E-state index is 14.0. The number of rotatable bonds is 14. The number of nitrogens with one attached hydrogen (secondary N) is 1. The largest absolute Gasteiger partial charge is 0.497 e. The first-order valence-electron chi connectivity index (χ1n) is 13.2. The Labute approximate surface area is 235 Å². The van der Waals surface area contributed by atoms with Crippen molar-refractivity contribution < 1.29 is 27.1 Å². The van der Waals surface area contributed by atoms with Gasteiger partial charge in [-0.15, -0.1) is 0 Å². The highest BCUT2D eigenvalue weighted by Crippen LogP contribution is 2.25. The molecule has 3 aromatic carbocycles. The maximum absolute atomic E-state index is 14.0. The molecule has 0 heterocycles. The molecule has 0 saturated carbocycles. The average molecular weight is 570 g/mol. The standard InChI is InChI=1S/C30H36FN3O5S/c1-4-6-20-32-30(36)28(5-2)33(21-23-12-16-26(39-3)17-13-23)29(35)22-34(25-10-8-7-9-11-25)40(37,38)27-18-14-24(31)15-19-27/h7-19,28H,4-6,20-22H2,1-3H3,(H,32,36). The van der Waals surface area contributed by atoms with E-state index in [9.17, 15) is 22.4 Å². The van der Waals surface area contributed by atoms with Crippen LogP contribution in [0.15, 0.2) is 83.8 Å². The number of ether oxygens (including phenoxy) is 1. The quantitative estimate of drug-likeness (QED) is 0.283. The lowest BCUT2D eigenvalue weighted by Crippen LogP contribution is -2.52. The number of methoxy groups -OCH3 is 1. The Morgan fingerprint density at radius 3 is 2.17 bits per heavy atom. The van der Waals surface area contributed by atoms with Crippen LogP contribution in [0.2, 0.25) is 0 Å². The fourth-order valence-electron chi connectivity index (χ4n) is 4.21. The lowest BCUT2D eigenvalue weighted by Gasteiger charge is -2.33. The number of amides is 2. The molecule has 1 N–H and O–H groups in total. The van der Waals surface area contributed by atoms with Crippen molar-refractivity contribution in [1.29, 1.82) is 0 Å². The van der Waals surface area contributed by atoms with Crippen LogP contribution in [0.4, 0.5) is 10.1 Å². The highest BCUT2D eigenvalue weighted by molar-refractivity contribution is 7.92. The van der Waals surface area contributed by atoms with Crippen molar-refractivity contribution >= 4 is 27.5 Å². The summed E-state index contributed by atoms with van der Waals surface area (Å²) >= 11 is 0. The van der Waals surface area contributed by atoms with Crippen molar-refractivity contribution in [3.05, 3.63) is 90.2 Å². The molecule has 0 fully saturated rings. The molecule has 0 aliphatic carbocycles. The summed E-state index contributed by atoms with van der Waals surface area (Å²) in [6, 6.07) is 19.0. The summed E-state index contributed by atoms with van der Waals surface area (Å²) in [5.41, 5.74) is 1.02. The third kappa shape index (κ3) is 7.81. The van der Waals surface area contributed by atoms with E-state index in [1.165, 1.54) is 4.90 Å². The maximum Gasteiger partial charge on any atom is 0.264 e. The Hall–Kier alpha value is -3.92. The van der Waals surface area contributed by atoms with E-state index >= 15 is 0 Å². The molecule has 0 radical (unpaired) electrons. The number of sulfonamides is 1. The summed E-state index contributed by atoms with van der Waals surface area (Å²) in [6.07, 6.45) is 2.03. The number of halogens is 1. The number of anilines is 1. The van der Waals surface area contributed by atoms with Gasteiger partial charge in [0.05, 0.1) is 17.7 Å². The highest BCUT2D eigenvalue weighted by Gasteiger charge is 2.33. The molecule has 1 atom stereocenters. The number of para-hydroxylation sites is 1. The normalized spacial score (nSPS) is 11.9. The van der Waals surface area contributed by atoms with Gasteiger partial charge in [-0.1, -0.05) is 50.6 Å². The third-order valence-electron chi connectivity index (χ3n) is 6.45. The van der Waals surface area contributed by atoms with Gasteiger partial charge in [0.25, 0.3) is 10.0 Å². The van der Waals surface area contributed by atoms with Gasteiger partial charge in [0.15, 0.2) is 0 Å². The Kier molecular flexibility index (Phi) is 11.1. The minimum Gasteiger partial charge on any atom is -0.497 e. The van der Waals surface area contributed by atoms with Gasteiger partial charge in [-0.25, -0.2) is 12.8 Å². The molecule has 0 aliphatic heterocycles. The Morgan fingerprint density at radius 2 is 1.60 bits per heavy atom. The molecule has 0 aliphatic rings. The summed E-state index contributed by atoms with van der Waals surface area (Å²) in [5, 5.41) is 2.90. The zero-order valence-corrected chi connectivity index (χ0v) is 23.9. The van der Waals surface area contributed by atoms with Gasteiger partial charge in [-0.05, 0) is 66.9 Å². The first-order valence-corrected chi connectivity index (χ1v) is 14.7. The Balaban J connectivity index is 2.00. The third-order valence-corrected chi connectivity index (χ3v) is 8.24. The van der Waals surface area contributed by atoms with Crippen molar-refractivity contribution in [2.24, 2.45) is 0 Å². The van der Waals surface area contributed by atoms with E-state index in [1.54, 1.807) is 61.7 Å². The highest BCUT2D eigenvalue weighted by atomic mass is 32.2. The van der Waals surface area contributed by atoms with Crippen molar-refractivity contribution in [1.82, 2.24) is 10.2 Å². The molecule has 0 aromatic heterocycles. The fourth-order valence-corrected chi connectivity index (χ4v) is 5.62. The average Bonchev–Trinajstić information content (AvgIpc) is 2.96. The number of unbranched alkanes of at least 4 members (excludes halogenated alkanes) is 1. The zero-order valence-electron chi connectivity index (χ0n) is 23.0. The summed E-state index contributed by atoms with van der Waals surface area (Å²) in [7, 11) is -2.70. The molecule has 40 heavy (non-hydrogen) atoms. The Bertz CT molecular complexity index is 1350. The van der Waals surface area contributed by atoms with Crippen molar-refractivity contribution in [3.63, 3.8) is 0 Å². The van der Waals surface area contributed by atoms with Gasteiger partial charge >= 0.3 is 0 Å². The first-order chi connectivity index (χ1) is 19.2. The second kappa shape index (κ2) is 14.5. The summed E-state index contributed by atoms with van der Waals surface area (Å²) in [6.45, 7) is 3.83. The SMILES string of the molecule is CCCCNC(=O)C(CC)N(Cc1ccc(OC)cc1)C(=O)CN(c1ccccc1)S(=O)(=O)c1ccc(F)cc1. The van der Waals surface area contributed by atoms with Crippen molar-refractivity contribution in [2.45, 2.75) is 50.6 Å². The monoisotopic (exact) mass is 569 g/mol. The minimum atomic E-state index is -4.25. The lowest BCUT2D eigenvalue weighted by molar-refractivity contribution is -0.140. The van der Waals surface area contributed by atoms with E-state index in [-0.39, 0.29) is 23.0 Å². The van der Waals surface area contributed by atoms with Crippen LogP contribution in [0.3, 0.4) is 0 Å². The fraction of sp³-hybridized carbons (Fsp3) is 0.333. The molecule has 2 amide bonds. The molecule has 10 heteroatoms. The number of nitrogens with zero attached hydrogens (tertiary/aromatic N) is 2. The van der Waals surface area contributed by atoms with E-state index < -0.39 is 34.3 Å². The topological polar surface area (TPSA) is 96.0 Å². The number of carbonyl (C=O) groups is 2. The van der Waals surface area contributed by atoms with E-state index in [4.69, 9.17) is 4.74 Å². The van der Waals surface area contributed by atoms with E-state index in [0.717, 1.165) is 47.0 Å². The van der Waals surface area contributed by atoms with Crippen LogP contribution in [0.1, 0.15) is 38.7 Å². The number of hydrogen-bond donors (Lipinski definition) is 1. The number of benzene rings is 3. The van der Waals surface area contributed by atoms with Crippen LogP contribution in [0, 0.1) is 5.82 Å². The first kappa shape index (κ1) is 30.6. The second-order valence-corrected chi connectivity index (χ2v) is 11.1. The van der Waals surface area contributed by atoms with E-state index in [2.05, 4.69) is 5.32 Å². The van der Waals surface area contributed by atoms with Gasteiger partial charge in [0.1, 0.15) is 24.2 Å². The molecular formula is C30H36FN3O5S. The lowest BCUT2D eigenvalue weighted by atomic mass is 10.1. The van der Waals surface area contributed by atoms with Crippen LogP contribution in [0.5, 0.6) is 5.75 Å². The predicted molar refractivity (Wildman–Crippen MR) is 153 cm³/mol. The van der Waals surface area contributed by atoms with Gasteiger partial charge in [-0.2, -0.15) is 0 Å². The molecule has 3 rings (SSSR count). The molecule has 1 unspecified atom stereocenters. The number of carbonyl (C=O) groups excluding carboxylic acids is 2. The van der Waals surface area contributed by atoms with Gasteiger partial charge < -0.3 is 15.0 Å². The van der Waals surface area contributed by atoms with E-state index in [0.29, 0.717) is 18.7 Å². The summed E-state index contributed by atoms with van der Waals surface area (Å²) < 4.78 is 47.2. The van der Waals surface area contributed by atoms with Crippen molar-refractivity contribution in [3.8, 4) is 5.75 Å². The van der Waals surface area contributed by atoms with Crippen LogP contribution < -0.4 is 14.4 Å². The predicted octanol–water partition coefficient (Wildman–Crippen LogP) is 4.75. The van der Waals surface area contributed by atoms with Crippen LogP contribution in [0.25, 0.3) is 0 Å².